The molecular weight excluding hydrogens is 286 g/mol. The zero-order valence-corrected chi connectivity index (χ0v) is 13.0. The lowest BCUT2D eigenvalue weighted by Crippen LogP contribution is -2.31. The molecule has 0 amide bonds. The maximum absolute atomic E-state index is 12.0. The summed E-state index contributed by atoms with van der Waals surface area (Å²) in [6.45, 7) is 1.79. The second-order valence-corrected chi connectivity index (χ2v) is 4.97. The molecule has 2 aromatic rings. The highest BCUT2D eigenvalue weighted by molar-refractivity contribution is 5.97. The normalized spacial score (nSPS) is 12.2. The van der Waals surface area contributed by atoms with Gasteiger partial charge in [0.25, 0.3) is 0 Å². The third-order valence-corrected chi connectivity index (χ3v) is 3.82. The van der Waals surface area contributed by atoms with Crippen molar-refractivity contribution in [2.75, 3.05) is 21.3 Å². The number of hydrogen-bond acceptors (Lipinski definition) is 5. The van der Waals surface area contributed by atoms with Crippen LogP contribution in [0, 0.1) is 5.92 Å². The first kappa shape index (κ1) is 15.9. The number of benzene rings is 1. The van der Waals surface area contributed by atoms with Crippen molar-refractivity contribution in [3.8, 4) is 5.75 Å². The summed E-state index contributed by atoms with van der Waals surface area (Å²) in [6, 6.07) is 5.59. The van der Waals surface area contributed by atoms with E-state index in [-0.39, 0.29) is 0 Å². The predicted octanol–water partition coefficient (Wildman–Crippen LogP) is 2.24. The molecule has 1 unspecified atom stereocenters. The minimum Gasteiger partial charge on any atom is -0.497 e. The van der Waals surface area contributed by atoms with Gasteiger partial charge in [0.1, 0.15) is 5.75 Å². The summed E-state index contributed by atoms with van der Waals surface area (Å²) in [6.07, 6.45) is 1.79. The van der Waals surface area contributed by atoms with Gasteiger partial charge in [-0.15, -0.1) is 0 Å². The Morgan fingerprint density at radius 2 is 1.73 bits per heavy atom. The Bertz CT molecular complexity index is 675. The van der Waals surface area contributed by atoms with E-state index in [9.17, 15) is 9.59 Å². The van der Waals surface area contributed by atoms with Crippen LogP contribution in [-0.4, -0.2) is 38.3 Å². The molecular formula is C16H19NO5. The number of methoxy groups -OCH3 is 3. The lowest BCUT2D eigenvalue weighted by atomic mass is 9.87. The van der Waals surface area contributed by atoms with Crippen molar-refractivity contribution in [1.29, 1.82) is 0 Å². The SMILES string of the molecule is COC(=O)C(C(=O)OC)C(C)c1c[nH]c2ccc(OC)cc12. The lowest BCUT2D eigenvalue weighted by molar-refractivity contribution is -0.159. The van der Waals surface area contributed by atoms with Gasteiger partial charge in [-0.05, 0) is 23.8 Å². The first-order chi connectivity index (χ1) is 10.5. The van der Waals surface area contributed by atoms with E-state index in [1.165, 1.54) is 14.2 Å². The number of aromatic amines is 1. The number of rotatable bonds is 5. The summed E-state index contributed by atoms with van der Waals surface area (Å²) >= 11 is 0. The topological polar surface area (TPSA) is 77.6 Å². The zero-order chi connectivity index (χ0) is 16.3. The van der Waals surface area contributed by atoms with Gasteiger partial charge in [-0.1, -0.05) is 6.92 Å². The molecule has 1 aromatic heterocycles. The van der Waals surface area contributed by atoms with Crippen LogP contribution in [0.3, 0.4) is 0 Å². The number of H-pyrrole nitrogens is 1. The Kier molecular flexibility index (Phi) is 4.70. The van der Waals surface area contributed by atoms with Gasteiger partial charge < -0.3 is 19.2 Å². The number of hydrogen-bond donors (Lipinski definition) is 1. The molecule has 0 bridgehead atoms. The quantitative estimate of drug-likeness (QED) is 0.677. The van der Waals surface area contributed by atoms with Crippen LogP contribution < -0.4 is 4.74 Å². The van der Waals surface area contributed by atoms with E-state index >= 15 is 0 Å². The summed E-state index contributed by atoms with van der Waals surface area (Å²) < 4.78 is 14.7. The molecule has 0 spiro atoms. The van der Waals surface area contributed by atoms with Gasteiger partial charge >= 0.3 is 11.9 Å². The summed E-state index contributed by atoms with van der Waals surface area (Å²) in [7, 11) is 4.09. The average molecular weight is 305 g/mol. The summed E-state index contributed by atoms with van der Waals surface area (Å²) in [5.74, 6) is -1.94. The zero-order valence-electron chi connectivity index (χ0n) is 13.0. The highest BCUT2D eigenvalue weighted by Gasteiger charge is 2.36. The van der Waals surface area contributed by atoms with Gasteiger partial charge in [0.05, 0.1) is 21.3 Å². The Hall–Kier alpha value is -2.50. The number of carbonyl (C=O) groups is 2. The number of ether oxygens (including phenoxy) is 3. The molecule has 1 heterocycles. The minimum absolute atomic E-state index is 0.402. The molecule has 0 radical (unpaired) electrons. The highest BCUT2D eigenvalue weighted by Crippen LogP contribution is 2.33. The van der Waals surface area contributed by atoms with E-state index in [2.05, 4.69) is 4.98 Å². The van der Waals surface area contributed by atoms with Crippen LogP contribution in [0.1, 0.15) is 18.4 Å². The smallest absolute Gasteiger partial charge is 0.320 e. The van der Waals surface area contributed by atoms with Crippen molar-refractivity contribution in [2.45, 2.75) is 12.8 Å². The van der Waals surface area contributed by atoms with Crippen molar-refractivity contribution >= 4 is 22.8 Å². The molecule has 0 fully saturated rings. The first-order valence-electron chi connectivity index (χ1n) is 6.84. The van der Waals surface area contributed by atoms with Crippen molar-refractivity contribution in [3.05, 3.63) is 30.0 Å². The van der Waals surface area contributed by atoms with Crippen LogP contribution in [0.4, 0.5) is 0 Å². The molecule has 0 saturated heterocycles. The third kappa shape index (κ3) is 2.77. The number of esters is 2. The van der Waals surface area contributed by atoms with Crippen molar-refractivity contribution in [3.63, 3.8) is 0 Å². The summed E-state index contributed by atoms with van der Waals surface area (Å²) in [4.78, 5) is 27.0. The van der Waals surface area contributed by atoms with Crippen LogP contribution in [0.2, 0.25) is 0 Å². The third-order valence-electron chi connectivity index (χ3n) is 3.82. The Labute approximate surface area is 128 Å². The van der Waals surface area contributed by atoms with Crippen LogP contribution in [0.25, 0.3) is 10.9 Å². The average Bonchev–Trinajstić information content (AvgIpc) is 2.97. The molecule has 0 aliphatic carbocycles. The molecule has 1 atom stereocenters. The van der Waals surface area contributed by atoms with Gasteiger partial charge in [-0.3, -0.25) is 9.59 Å². The Balaban J connectivity index is 2.48. The van der Waals surface area contributed by atoms with Crippen LogP contribution in [-0.2, 0) is 19.1 Å². The number of carbonyl (C=O) groups excluding carboxylic acids is 2. The van der Waals surface area contributed by atoms with E-state index in [1.54, 1.807) is 20.2 Å². The van der Waals surface area contributed by atoms with Gasteiger partial charge in [0.2, 0.25) is 0 Å². The largest absolute Gasteiger partial charge is 0.497 e. The van der Waals surface area contributed by atoms with E-state index < -0.39 is 23.8 Å². The Morgan fingerprint density at radius 3 is 2.27 bits per heavy atom. The van der Waals surface area contributed by atoms with E-state index in [0.717, 1.165) is 16.5 Å². The first-order valence-corrected chi connectivity index (χ1v) is 6.84. The minimum atomic E-state index is -1.01. The summed E-state index contributed by atoms with van der Waals surface area (Å²) in [5.41, 5.74) is 1.73. The lowest BCUT2D eigenvalue weighted by Gasteiger charge is -2.19. The van der Waals surface area contributed by atoms with Crippen molar-refractivity contribution in [2.24, 2.45) is 5.92 Å². The molecule has 0 aliphatic heterocycles. The highest BCUT2D eigenvalue weighted by atomic mass is 16.5. The maximum Gasteiger partial charge on any atom is 0.320 e. The van der Waals surface area contributed by atoms with Gasteiger partial charge in [0.15, 0.2) is 5.92 Å². The second kappa shape index (κ2) is 6.51. The van der Waals surface area contributed by atoms with E-state index in [0.29, 0.717) is 5.75 Å². The van der Waals surface area contributed by atoms with Crippen LogP contribution in [0.15, 0.2) is 24.4 Å². The maximum atomic E-state index is 12.0. The predicted molar refractivity (Wildman–Crippen MR) is 80.8 cm³/mol. The molecule has 1 N–H and O–H groups in total. The molecule has 22 heavy (non-hydrogen) atoms. The van der Waals surface area contributed by atoms with Crippen LogP contribution >= 0.6 is 0 Å². The van der Waals surface area contributed by atoms with Gasteiger partial charge in [-0.2, -0.15) is 0 Å². The fourth-order valence-electron chi connectivity index (χ4n) is 2.56. The molecule has 2 rings (SSSR count). The Morgan fingerprint density at radius 1 is 1.09 bits per heavy atom. The molecule has 0 saturated carbocycles. The fourth-order valence-corrected chi connectivity index (χ4v) is 2.56. The molecule has 1 aromatic carbocycles. The van der Waals surface area contributed by atoms with Crippen molar-refractivity contribution in [1.82, 2.24) is 4.98 Å². The van der Waals surface area contributed by atoms with E-state index in [4.69, 9.17) is 14.2 Å². The standard InChI is InChI=1S/C16H19NO5/c1-9(14(15(18)21-3)16(19)22-4)12-8-17-13-6-5-10(20-2)7-11(12)13/h5-9,14,17H,1-4H3. The fraction of sp³-hybridized carbons (Fsp3) is 0.375. The van der Waals surface area contributed by atoms with Crippen LogP contribution in [0.5, 0.6) is 5.75 Å². The van der Waals surface area contributed by atoms with Gasteiger partial charge in [0, 0.05) is 23.0 Å². The van der Waals surface area contributed by atoms with Crippen molar-refractivity contribution < 1.29 is 23.8 Å². The number of fused-ring (bicyclic) bond motifs is 1. The monoisotopic (exact) mass is 305 g/mol. The van der Waals surface area contributed by atoms with Gasteiger partial charge in [-0.25, -0.2) is 0 Å². The number of aromatic nitrogens is 1. The number of nitrogens with one attached hydrogen (secondary N) is 1. The second-order valence-electron chi connectivity index (χ2n) is 4.97. The molecule has 0 aliphatic rings. The molecule has 118 valence electrons. The molecule has 6 nitrogen and oxygen atoms in total. The molecule has 6 heteroatoms. The summed E-state index contributed by atoms with van der Waals surface area (Å²) in [5, 5.41) is 0.893. The van der Waals surface area contributed by atoms with E-state index in [1.807, 2.05) is 18.2 Å².